The molecule has 1 aromatic heterocycles. The normalized spacial score (nSPS) is 20.3. The number of oxazole rings is 1. The third kappa shape index (κ3) is 2.66. The summed E-state index contributed by atoms with van der Waals surface area (Å²) < 4.78 is 5.85. The summed E-state index contributed by atoms with van der Waals surface area (Å²) in [5.74, 6) is 0.862. The molecule has 2 aromatic rings. The zero-order valence-electron chi connectivity index (χ0n) is 12.0. The lowest BCUT2D eigenvalue weighted by molar-refractivity contribution is 0.478. The van der Waals surface area contributed by atoms with Gasteiger partial charge in [-0.25, -0.2) is 4.98 Å². The molecule has 1 aromatic carbocycles. The highest BCUT2D eigenvalue weighted by Crippen LogP contribution is 2.26. The summed E-state index contributed by atoms with van der Waals surface area (Å²) in [4.78, 5) is 4.64. The van der Waals surface area contributed by atoms with E-state index < -0.39 is 0 Å². The van der Waals surface area contributed by atoms with Crippen molar-refractivity contribution in [1.82, 2.24) is 10.3 Å². The number of nitrogens with one attached hydrogen (secondary N) is 1. The van der Waals surface area contributed by atoms with Crippen molar-refractivity contribution in [2.45, 2.75) is 51.5 Å². The van der Waals surface area contributed by atoms with Gasteiger partial charge in [0.25, 0.3) is 0 Å². The van der Waals surface area contributed by atoms with Crippen molar-refractivity contribution in [3.63, 3.8) is 0 Å². The minimum atomic E-state index is 0.153. The van der Waals surface area contributed by atoms with Crippen LogP contribution in [0.2, 0.25) is 0 Å². The number of nitrogens with zero attached hydrogens (tertiary/aromatic N) is 1. The Bertz CT molecular complexity index is 574. The molecule has 1 unspecified atom stereocenters. The largest absolute Gasteiger partial charge is 0.441 e. The molecule has 3 heteroatoms. The van der Waals surface area contributed by atoms with Crippen molar-refractivity contribution in [3.05, 3.63) is 29.7 Å². The van der Waals surface area contributed by atoms with Gasteiger partial charge in [-0.05, 0) is 42.5 Å². The zero-order valence-corrected chi connectivity index (χ0v) is 12.0. The zero-order chi connectivity index (χ0) is 13.5. The van der Waals surface area contributed by atoms with E-state index in [4.69, 9.17) is 4.42 Å². The molecular weight excluding hydrogens is 236 g/mol. The van der Waals surface area contributed by atoms with Crippen LogP contribution in [-0.4, -0.2) is 17.6 Å². The van der Waals surface area contributed by atoms with Crippen LogP contribution in [0, 0.1) is 0 Å². The summed E-state index contributed by atoms with van der Waals surface area (Å²) in [6.07, 6.45) is 3.39. The van der Waals surface area contributed by atoms with E-state index in [1.165, 1.54) is 18.4 Å². The Labute approximate surface area is 114 Å². The standard InChI is InChI=1S/C16H22N2O/c1-16(2,3)11-6-7-14-13(9-11)18-15(19-14)10-12-5-4-8-17-12/h6-7,9,12,17H,4-5,8,10H2,1-3H3. The van der Waals surface area contributed by atoms with E-state index in [1.54, 1.807) is 0 Å². The quantitative estimate of drug-likeness (QED) is 0.897. The van der Waals surface area contributed by atoms with E-state index in [-0.39, 0.29) is 5.41 Å². The van der Waals surface area contributed by atoms with Gasteiger partial charge in [-0.3, -0.25) is 0 Å². The molecule has 0 saturated carbocycles. The van der Waals surface area contributed by atoms with Crippen LogP contribution in [0.3, 0.4) is 0 Å². The average Bonchev–Trinajstić information content (AvgIpc) is 2.95. The third-order valence-electron chi connectivity index (χ3n) is 3.88. The molecule has 2 heterocycles. The first-order valence-corrected chi connectivity index (χ1v) is 7.16. The fourth-order valence-corrected chi connectivity index (χ4v) is 2.67. The van der Waals surface area contributed by atoms with Crippen LogP contribution in [0.25, 0.3) is 11.1 Å². The molecule has 1 N–H and O–H groups in total. The Morgan fingerprint density at radius 2 is 2.21 bits per heavy atom. The minimum absolute atomic E-state index is 0.153. The first kappa shape index (κ1) is 12.7. The Morgan fingerprint density at radius 3 is 2.89 bits per heavy atom. The van der Waals surface area contributed by atoms with Gasteiger partial charge in [0.2, 0.25) is 0 Å². The molecule has 1 fully saturated rings. The van der Waals surface area contributed by atoms with Crippen LogP contribution in [0.5, 0.6) is 0 Å². The number of hydrogen-bond donors (Lipinski definition) is 1. The van der Waals surface area contributed by atoms with Gasteiger partial charge in [-0.15, -0.1) is 0 Å². The third-order valence-corrected chi connectivity index (χ3v) is 3.88. The summed E-state index contributed by atoms with van der Waals surface area (Å²) in [5.41, 5.74) is 3.35. The highest BCUT2D eigenvalue weighted by atomic mass is 16.3. The van der Waals surface area contributed by atoms with E-state index >= 15 is 0 Å². The molecule has 1 aliphatic heterocycles. The van der Waals surface area contributed by atoms with E-state index in [2.05, 4.69) is 49.3 Å². The Kier molecular flexibility index (Phi) is 3.09. The van der Waals surface area contributed by atoms with Gasteiger partial charge in [0.15, 0.2) is 11.5 Å². The highest BCUT2D eigenvalue weighted by Gasteiger charge is 2.19. The van der Waals surface area contributed by atoms with Crippen molar-refractivity contribution < 1.29 is 4.42 Å². The molecule has 1 aliphatic rings. The second kappa shape index (κ2) is 4.64. The van der Waals surface area contributed by atoms with Gasteiger partial charge in [0, 0.05) is 12.5 Å². The molecule has 0 bridgehead atoms. The van der Waals surface area contributed by atoms with Crippen molar-refractivity contribution >= 4 is 11.1 Å². The molecule has 0 radical (unpaired) electrons. The predicted octanol–water partition coefficient (Wildman–Crippen LogP) is 3.42. The van der Waals surface area contributed by atoms with Gasteiger partial charge in [0.05, 0.1) is 0 Å². The maximum absolute atomic E-state index is 5.85. The predicted molar refractivity (Wildman–Crippen MR) is 77.4 cm³/mol. The molecule has 102 valence electrons. The highest BCUT2D eigenvalue weighted by molar-refractivity contribution is 5.73. The maximum atomic E-state index is 5.85. The first-order valence-electron chi connectivity index (χ1n) is 7.16. The summed E-state index contributed by atoms with van der Waals surface area (Å²) in [7, 11) is 0. The Morgan fingerprint density at radius 1 is 1.37 bits per heavy atom. The molecule has 3 nitrogen and oxygen atoms in total. The SMILES string of the molecule is CC(C)(C)c1ccc2oc(CC3CCCN3)nc2c1. The second-order valence-electron chi connectivity index (χ2n) is 6.54. The van der Waals surface area contributed by atoms with Crippen LogP contribution in [-0.2, 0) is 11.8 Å². The summed E-state index contributed by atoms with van der Waals surface area (Å²) >= 11 is 0. The molecule has 1 saturated heterocycles. The lowest BCUT2D eigenvalue weighted by Gasteiger charge is -2.18. The van der Waals surface area contributed by atoms with Crippen LogP contribution in [0.4, 0.5) is 0 Å². The van der Waals surface area contributed by atoms with Crippen LogP contribution < -0.4 is 5.32 Å². The van der Waals surface area contributed by atoms with Crippen molar-refractivity contribution in [2.24, 2.45) is 0 Å². The number of aromatic nitrogens is 1. The summed E-state index contributed by atoms with van der Waals surface area (Å²) in [6, 6.07) is 6.89. The number of hydrogen-bond acceptors (Lipinski definition) is 3. The van der Waals surface area contributed by atoms with E-state index in [0.717, 1.165) is 30.0 Å². The number of benzene rings is 1. The van der Waals surface area contributed by atoms with Crippen molar-refractivity contribution in [2.75, 3.05) is 6.54 Å². The number of rotatable bonds is 2. The maximum Gasteiger partial charge on any atom is 0.197 e. The monoisotopic (exact) mass is 258 g/mol. The lowest BCUT2D eigenvalue weighted by atomic mass is 9.87. The molecule has 3 rings (SSSR count). The van der Waals surface area contributed by atoms with E-state index in [0.29, 0.717) is 6.04 Å². The van der Waals surface area contributed by atoms with E-state index in [9.17, 15) is 0 Å². The Balaban J connectivity index is 1.87. The molecule has 0 aliphatic carbocycles. The number of fused-ring (bicyclic) bond motifs is 1. The smallest absolute Gasteiger partial charge is 0.197 e. The Hall–Kier alpha value is -1.35. The van der Waals surface area contributed by atoms with Gasteiger partial charge in [0.1, 0.15) is 5.52 Å². The fourth-order valence-electron chi connectivity index (χ4n) is 2.67. The lowest BCUT2D eigenvalue weighted by Crippen LogP contribution is -2.23. The van der Waals surface area contributed by atoms with Crippen molar-refractivity contribution in [3.8, 4) is 0 Å². The molecule has 1 atom stereocenters. The summed E-state index contributed by atoms with van der Waals surface area (Å²) in [5, 5.41) is 3.49. The fraction of sp³-hybridized carbons (Fsp3) is 0.562. The average molecular weight is 258 g/mol. The molecule has 0 amide bonds. The molecule has 0 spiro atoms. The van der Waals surface area contributed by atoms with Gasteiger partial charge in [-0.2, -0.15) is 0 Å². The van der Waals surface area contributed by atoms with E-state index in [1.807, 2.05) is 0 Å². The van der Waals surface area contributed by atoms with Crippen LogP contribution in [0.1, 0.15) is 45.1 Å². The van der Waals surface area contributed by atoms with Gasteiger partial charge < -0.3 is 9.73 Å². The minimum Gasteiger partial charge on any atom is -0.441 e. The van der Waals surface area contributed by atoms with Gasteiger partial charge in [-0.1, -0.05) is 26.8 Å². The topological polar surface area (TPSA) is 38.1 Å². The molecular formula is C16H22N2O. The van der Waals surface area contributed by atoms with Gasteiger partial charge >= 0.3 is 0 Å². The van der Waals surface area contributed by atoms with Crippen LogP contribution in [0.15, 0.2) is 22.6 Å². The second-order valence-corrected chi connectivity index (χ2v) is 6.54. The first-order chi connectivity index (χ1) is 9.02. The van der Waals surface area contributed by atoms with Crippen molar-refractivity contribution in [1.29, 1.82) is 0 Å². The summed E-state index contributed by atoms with van der Waals surface area (Å²) in [6.45, 7) is 7.78. The molecule has 19 heavy (non-hydrogen) atoms. The van der Waals surface area contributed by atoms with Crippen LogP contribution >= 0.6 is 0 Å².